The summed E-state index contributed by atoms with van der Waals surface area (Å²) in [5.74, 6) is -0.0552. The molecule has 70 valence electrons. The fraction of sp³-hybridized carbons (Fsp3) is 0.250. The number of carbonyl (C=O) groups is 1. The smallest absolute Gasteiger partial charge is 0.253 e. The van der Waals surface area contributed by atoms with Gasteiger partial charge >= 0.3 is 0 Å². The Kier molecular flexibility index (Phi) is 3.12. The first-order valence-electron chi connectivity index (χ1n) is 3.70. The van der Waals surface area contributed by atoms with E-state index >= 15 is 0 Å². The number of halogens is 2. The van der Waals surface area contributed by atoms with Crippen molar-refractivity contribution in [3.05, 3.63) is 28.5 Å². The predicted molar refractivity (Wildman–Crippen MR) is 52.5 cm³/mol. The molecule has 1 aliphatic heterocycles. The van der Waals surface area contributed by atoms with Gasteiger partial charge in [0.1, 0.15) is 5.15 Å². The van der Waals surface area contributed by atoms with E-state index in [1.165, 1.54) is 6.20 Å². The molecule has 13 heavy (non-hydrogen) atoms. The lowest BCUT2D eigenvalue weighted by molar-refractivity contribution is 0.0945. The Morgan fingerprint density at radius 1 is 1.54 bits per heavy atom. The molecule has 1 N–H and O–H groups in total. The molecule has 0 saturated carbocycles. The number of amides is 1. The Morgan fingerprint density at radius 3 is 3.08 bits per heavy atom. The van der Waals surface area contributed by atoms with Crippen LogP contribution in [0.15, 0.2) is 12.3 Å². The Morgan fingerprint density at radius 2 is 2.31 bits per heavy atom. The number of hydrogen-bond donors (Lipinski definition) is 1. The van der Waals surface area contributed by atoms with Gasteiger partial charge in [0.25, 0.3) is 5.91 Å². The van der Waals surface area contributed by atoms with Crippen molar-refractivity contribution < 1.29 is 4.79 Å². The average molecular weight is 219 g/mol. The number of hydrogen-bond acceptors (Lipinski definition) is 2. The van der Waals surface area contributed by atoms with Crippen molar-refractivity contribution in [2.75, 3.05) is 6.54 Å². The molecule has 3 nitrogen and oxygen atoms in total. The SMILES string of the molecule is Cl.O=C1NCCc2cc(Cl)ncc21. The van der Waals surface area contributed by atoms with Crippen molar-refractivity contribution in [1.82, 2.24) is 10.3 Å². The van der Waals surface area contributed by atoms with Crippen LogP contribution in [0.3, 0.4) is 0 Å². The molecule has 5 heteroatoms. The van der Waals surface area contributed by atoms with E-state index in [2.05, 4.69) is 10.3 Å². The second-order valence-electron chi connectivity index (χ2n) is 2.67. The first-order valence-corrected chi connectivity index (χ1v) is 4.08. The van der Waals surface area contributed by atoms with Gasteiger partial charge in [-0.2, -0.15) is 0 Å². The van der Waals surface area contributed by atoms with Crippen molar-refractivity contribution in [3.8, 4) is 0 Å². The van der Waals surface area contributed by atoms with E-state index in [9.17, 15) is 4.79 Å². The van der Waals surface area contributed by atoms with E-state index in [-0.39, 0.29) is 18.3 Å². The van der Waals surface area contributed by atoms with Gasteiger partial charge in [0, 0.05) is 12.7 Å². The Labute approximate surface area is 86.9 Å². The fourth-order valence-electron chi connectivity index (χ4n) is 1.29. The summed E-state index contributed by atoms with van der Waals surface area (Å²) in [4.78, 5) is 15.1. The highest BCUT2D eigenvalue weighted by Gasteiger charge is 2.16. The molecule has 1 aliphatic rings. The van der Waals surface area contributed by atoms with Gasteiger partial charge in [-0.05, 0) is 18.1 Å². The summed E-state index contributed by atoms with van der Waals surface area (Å²) in [6.45, 7) is 0.687. The van der Waals surface area contributed by atoms with Gasteiger partial charge < -0.3 is 5.32 Å². The monoisotopic (exact) mass is 218 g/mol. The van der Waals surface area contributed by atoms with Crippen LogP contribution in [0.25, 0.3) is 0 Å². The molecule has 1 aromatic rings. The Hall–Kier alpha value is -0.800. The third-order valence-electron chi connectivity index (χ3n) is 1.88. The van der Waals surface area contributed by atoms with Crippen LogP contribution in [0.4, 0.5) is 0 Å². The van der Waals surface area contributed by atoms with Crippen molar-refractivity contribution in [1.29, 1.82) is 0 Å². The summed E-state index contributed by atoms with van der Waals surface area (Å²) >= 11 is 5.68. The quantitative estimate of drug-likeness (QED) is 0.671. The van der Waals surface area contributed by atoms with Gasteiger partial charge in [-0.15, -0.1) is 12.4 Å². The van der Waals surface area contributed by atoms with Gasteiger partial charge in [0.2, 0.25) is 0 Å². The highest BCUT2D eigenvalue weighted by molar-refractivity contribution is 6.29. The third kappa shape index (κ3) is 1.92. The lowest BCUT2D eigenvalue weighted by Crippen LogP contribution is -2.31. The van der Waals surface area contributed by atoms with E-state index < -0.39 is 0 Å². The maximum absolute atomic E-state index is 11.2. The maximum atomic E-state index is 11.2. The van der Waals surface area contributed by atoms with Crippen LogP contribution in [0.2, 0.25) is 5.15 Å². The summed E-state index contributed by atoms with van der Waals surface area (Å²) in [7, 11) is 0. The number of rotatable bonds is 0. The second kappa shape index (κ2) is 3.94. The Balaban J connectivity index is 0.000000845. The van der Waals surface area contributed by atoms with Crippen LogP contribution in [-0.4, -0.2) is 17.4 Å². The lowest BCUT2D eigenvalue weighted by atomic mass is 10.0. The topological polar surface area (TPSA) is 42.0 Å². The molecule has 0 radical (unpaired) electrons. The minimum Gasteiger partial charge on any atom is -0.352 e. The minimum atomic E-state index is -0.0552. The summed E-state index contributed by atoms with van der Waals surface area (Å²) < 4.78 is 0. The van der Waals surface area contributed by atoms with Crippen LogP contribution in [0.5, 0.6) is 0 Å². The molecule has 0 aliphatic carbocycles. The summed E-state index contributed by atoms with van der Waals surface area (Å²) in [6, 6.07) is 1.75. The molecular weight excluding hydrogens is 211 g/mol. The van der Waals surface area contributed by atoms with Gasteiger partial charge in [0.05, 0.1) is 5.56 Å². The number of nitrogens with zero attached hydrogens (tertiary/aromatic N) is 1. The molecule has 2 heterocycles. The van der Waals surface area contributed by atoms with Crippen molar-refractivity contribution in [2.45, 2.75) is 6.42 Å². The van der Waals surface area contributed by atoms with Crippen LogP contribution in [0, 0.1) is 0 Å². The molecule has 0 bridgehead atoms. The predicted octanol–water partition coefficient (Wildman–Crippen LogP) is 1.44. The number of aromatic nitrogens is 1. The molecule has 0 spiro atoms. The van der Waals surface area contributed by atoms with Crippen LogP contribution < -0.4 is 5.32 Å². The van der Waals surface area contributed by atoms with Crippen LogP contribution in [-0.2, 0) is 6.42 Å². The molecule has 1 aromatic heterocycles. The van der Waals surface area contributed by atoms with Crippen molar-refractivity contribution >= 4 is 29.9 Å². The van der Waals surface area contributed by atoms with Gasteiger partial charge in [0.15, 0.2) is 0 Å². The lowest BCUT2D eigenvalue weighted by Gasteiger charge is -2.15. The van der Waals surface area contributed by atoms with E-state index in [0.717, 1.165) is 12.0 Å². The number of carbonyl (C=O) groups excluding carboxylic acids is 1. The highest BCUT2D eigenvalue weighted by atomic mass is 35.5. The molecule has 0 fully saturated rings. The molecule has 2 rings (SSSR count). The molecule has 0 saturated heterocycles. The van der Waals surface area contributed by atoms with Crippen LogP contribution in [0.1, 0.15) is 15.9 Å². The first kappa shape index (κ1) is 10.3. The van der Waals surface area contributed by atoms with E-state index in [1.807, 2.05) is 0 Å². The third-order valence-corrected chi connectivity index (χ3v) is 2.09. The van der Waals surface area contributed by atoms with E-state index in [0.29, 0.717) is 17.3 Å². The largest absolute Gasteiger partial charge is 0.352 e. The van der Waals surface area contributed by atoms with Gasteiger partial charge in [-0.25, -0.2) is 4.98 Å². The average Bonchev–Trinajstić information content (AvgIpc) is 2.04. The standard InChI is InChI=1S/C8H7ClN2O.ClH/c9-7-3-5-1-2-10-8(12)6(5)4-11-7;/h3-4H,1-2H2,(H,10,12);1H. The van der Waals surface area contributed by atoms with E-state index in [1.54, 1.807) is 6.07 Å². The molecule has 0 unspecified atom stereocenters. The van der Waals surface area contributed by atoms with Crippen molar-refractivity contribution in [3.63, 3.8) is 0 Å². The maximum Gasteiger partial charge on any atom is 0.253 e. The summed E-state index contributed by atoms with van der Waals surface area (Å²) in [5.41, 5.74) is 1.63. The fourth-order valence-corrected chi connectivity index (χ4v) is 1.47. The number of fused-ring (bicyclic) bond motifs is 1. The highest BCUT2D eigenvalue weighted by Crippen LogP contribution is 2.15. The zero-order valence-corrected chi connectivity index (χ0v) is 8.28. The molecule has 0 atom stereocenters. The summed E-state index contributed by atoms with van der Waals surface area (Å²) in [5, 5.41) is 3.18. The van der Waals surface area contributed by atoms with Gasteiger partial charge in [-0.3, -0.25) is 4.79 Å². The molecule has 1 amide bonds. The van der Waals surface area contributed by atoms with Gasteiger partial charge in [-0.1, -0.05) is 11.6 Å². The van der Waals surface area contributed by atoms with Crippen LogP contribution >= 0.6 is 24.0 Å². The zero-order valence-electron chi connectivity index (χ0n) is 6.71. The number of nitrogens with one attached hydrogen (secondary N) is 1. The Bertz CT molecular complexity index is 341. The summed E-state index contributed by atoms with van der Waals surface area (Å²) in [6.07, 6.45) is 2.36. The molecule has 0 aromatic carbocycles. The first-order chi connectivity index (χ1) is 5.77. The molecular formula is C8H8Cl2N2O. The van der Waals surface area contributed by atoms with Crippen molar-refractivity contribution in [2.24, 2.45) is 0 Å². The number of pyridine rings is 1. The zero-order chi connectivity index (χ0) is 8.55. The minimum absolute atomic E-state index is 0. The second-order valence-corrected chi connectivity index (χ2v) is 3.06. The van der Waals surface area contributed by atoms with E-state index in [4.69, 9.17) is 11.6 Å². The normalized spacial score (nSPS) is 14.1.